The summed E-state index contributed by atoms with van der Waals surface area (Å²) in [5.41, 5.74) is 2.10. The first-order chi connectivity index (χ1) is 15.4. The quantitative estimate of drug-likeness (QED) is 0.654. The number of amides is 1. The van der Waals surface area contributed by atoms with Crippen molar-refractivity contribution >= 4 is 11.7 Å². The number of nitrogens with zero attached hydrogens (tertiary/aromatic N) is 3. The van der Waals surface area contributed by atoms with Crippen LogP contribution in [0.4, 0.5) is 10.2 Å². The van der Waals surface area contributed by atoms with Gasteiger partial charge in [-0.15, -0.1) is 0 Å². The van der Waals surface area contributed by atoms with E-state index in [9.17, 15) is 9.18 Å². The molecule has 5 nitrogen and oxygen atoms in total. The van der Waals surface area contributed by atoms with Crippen LogP contribution in [0.1, 0.15) is 54.2 Å². The number of fused-ring (bicyclic) bond motifs is 2. The largest absolute Gasteiger partial charge is 0.363 e. The molecule has 2 aliphatic heterocycles. The van der Waals surface area contributed by atoms with E-state index < -0.39 is 0 Å². The van der Waals surface area contributed by atoms with E-state index in [-0.39, 0.29) is 28.7 Å². The number of hydrogen-bond donors (Lipinski definition) is 1. The highest BCUT2D eigenvalue weighted by atomic mass is 19.1. The maximum Gasteiger partial charge on any atom is 0.259 e. The SMILES string of the molecule is CC1(C)C[C@H](c2ccccc2)Nc2c(C(=O)N3CC4CC4(c4ccccc4F)C3)cnn21. The molecule has 1 aliphatic carbocycles. The summed E-state index contributed by atoms with van der Waals surface area (Å²) in [6.07, 6.45) is 3.52. The Kier molecular flexibility index (Phi) is 4.07. The zero-order chi connectivity index (χ0) is 22.1. The lowest BCUT2D eigenvalue weighted by Crippen LogP contribution is -2.39. The summed E-state index contributed by atoms with van der Waals surface area (Å²) in [7, 11) is 0. The number of benzene rings is 2. The minimum Gasteiger partial charge on any atom is -0.363 e. The van der Waals surface area contributed by atoms with Crippen molar-refractivity contribution in [1.82, 2.24) is 14.7 Å². The Balaban J connectivity index is 1.30. The van der Waals surface area contributed by atoms with Crippen LogP contribution in [0.15, 0.2) is 60.8 Å². The maximum atomic E-state index is 14.5. The molecule has 3 heterocycles. The number of likely N-dealkylation sites (tertiary alicyclic amines) is 1. The van der Waals surface area contributed by atoms with E-state index in [4.69, 9.17) is 0 Å². The average Bonchev–Trinajstić information content (AvgIpc) is 3.12. The van der Waals surface area contributed by atoms with Crippen LogP contribution in [0, 0.1) is 11.7 Å². The molecule has 1 amide bonds. The summed E-state index contributed by atoms with van der Waals surface area (Å²) >= 11 is 0. The molecule has 6 heteroatoms. The standard InChI is InChI=1S/C26H27FN4O/c1-25(2)13-22(17-8-4-3-5-9-17)29-23-19(14-28-31(23)25)24(32)30-15-18-12-26(18,16-30)20-10-6-7-11-21(20)27/h3-11,14,18,22,29H,12-13,15-16H2,1-2H3/t18?,22-,26?/m1/s1. The molecule has 2 unspecified atom stereocenters. The predicted molar refractivity (Wildman–Crippen MR) is 121 cm³/mol. The predicted octanol–water partition coefficient (Wildman–Crippen LogP) is 4.73. The Morgan fingerprint density at radius 3 is 2.62 bits per heavy atom. The second kappa shape index (κ2) is 6.67. The van der Waals surface area contributed by atoms with Crippen LogP contribution in [0.25, 0.3) is 0 Å². The third-order valence-corrected chi connectivity index (χ3v) is 7.63. The van der Waals surface area contributed by atoms with Crippen molar-refractivity contribution in [2.45, 2.75) is 43.7 Å². The summed E-state index contributed by atoms with van der Waals surface area (Å²) in [6.45, 7) is 5.55. The number of nitrogens with one attached hydrogen (secondary N) is 1. The number of anilines is 1. The zero-order valence-corrected chi connectivity index (χ0v) is 18.4. The minimum atomic E-state index is -0.229. The van der Waals surface area contributed by atoms with Crippen molar-refractivity contribution in [2.24, 2.45) is 5.92 Å². The van der Waals surface area contributed by atoms with E-state index in [1.54, 1.807) is 12.3 Å². The van der Waals surface area contributed by atoms with Gasteiger partial charge in [-0.05, 0) is 49.8 Å². The molecule has 2 aromatic carbocycles. The van der Waals surface area contributed by atoms with Crippen LogP contribution in [-0.2, 0) is 11.0 Å². The number of carbonyl (C=O) groups is 1. The van der Waals surface area contributed by atoms with E-state index in [1.165, 1.54) is 11.6 Å². The fraction of sp³-hybridized carbons (Fsp3) is 0.385. The van der Waals surface area contributed by atoms with Gasteiger partial charge < -0.3 is 10.2 Å². The van der Waals surface area contributed by atoms with Crippen molar-refractivity contribution in [1.29, 1.82) is 0 Å². The summed E-state index contributed by atoms with van der Waals surface area (Å²) < 4.78 is 16.5. The van der Waals surface area contributed by atoms with E-state index in [2.05, 4.69) is 36.4 Å². The summed E-state index contributed by atoms with van der Waals surface area (Å²) in [6, 6.07) is 17.5. The third kappa shape index (κ3) is 2.81. The zero-order valence-electron chi connectivity index (χ0n) is 18.4. The van der Waals surface area contributed by atoms with E-state index >= 15 is 0 Å². The van der Waals surface area contributed by atoms with Gasteiger partial charge in [0.25, 0.3) is 5.91 Å². The highest BCUT2D eigenvalue weighted by molar-refractivity contribution is 5.99. The molecular weight excluding hydrogens is 403 g/mol. The smallest absolute Gasteiger partial charge is 0.259 e. The van der Waals surface area contributed by atoms with E-state index in [1.807, 2.05) is 39.9 Å². The van der Waals surface area contributed by atoms with Gasteiger partial charge in [-0.25, -0.2) is 9.07 Å². The topological polar surface area (TPSA) is 50.2 Å². The number of halogens is 1. The van der Waals surface area contributed by atoms with Crippen LogP contribution < -0.4 is 5.32 Å². The molecule has 3 aliphatic rings. The minimum absolute atomic E-state index is 0.0221. The maximum absolute atomic E-state index is 14.5. The Hall–Kier alpha value is -3.15. The molecule has 1 aromatic heterocycles. The molecular formula is C26H27FN4O. The molecule has 1 saturated carbocycles. The summed E-state index contributed by atoms with van der Waals surface area (Å²) in [5.74, 6) is 0.921. The van der Waals surface area contributed by atoms with Gasteiger partial charge in [0.15, 0.2) is 0 Å². The summed E-state index contributed by atoms with van der Waals surface area (Å²) in [5, 5.41) is 8.18. The second-order valence-corrected chi connectivity index (χ2v) is 10.2. The van der Waals surface area contributed by atoms with Gasteiger partial charge >= 0.3 is 0 Å². The lowest BCUT2D eigenvalue weighted by molar-refractivity contribution is 0.0772. The van der Waals surface area contributed by atoms with Crippen LogP contribution in [-0.4, -0.2) is 33.7 Å². The van der Waals surface area contributed by atoms with E-state index in [0.717, 1.165) is 24.2 Å². The van der Waals surface area contributed by atoms with Gasteiger partial charge in [-0.3, -0.25) is 4.79 Å². The second-order valence-electron chi connectivity index (χ2n) is 10.2. The molecule has 0 bridgehead atoms. The first-order valence-electron chi connectivity index (χ1n) is 11.3. The molecule has 6 rings (SSSR count). The molecule has 0 spiro atoms. The Morgan fingerprint density at radius 1 is 1.09 bits per heavy atom. The summed E-state index contributed by atoms with van der Waals surface area (Å²) in [4.78, 5) is 15.5. The Morgan fingerprint density at radius 2 is 1.84 bits per heavy atom. The lowest BCUT2D eigenvalue weighted by Gasteiger charge is -2.38. The van der Waals surface area contributed by atoms with Crippen molar-refractivity contribution < 1.29 is 9.18 Å². The number of aromatic nitrogens is 2. The number of carbonyl (C=O) groups excluding carboxylic acids is 1. The fourth-order valence-corrected chi connectivity index (χ4v) is 5.88. The van der Waals surface area contributed by atoms with E-state index in [0.29, 0.717) is 24.6 Å². The highest BCUT2D eigenvalue weighted by Gasteiger charge is 2.62. The first-order valence-corrected chi connectivity index (χ1v) is 11.3. The number of piperidine rings is 1. The van der Waals surface area contributed by atoms with Crippen LogP contribution in [0.2, 0.25) is 0 Å². The molecule has 3 atom stereocenters. The third-order valence-electron chi connectivity index (χ3n) is 7.63. The first kappa shape index (κ1) is 19.5. The lowest BCUT2D eigenvalue weighted by atomic mass is 9.89. The van der Waals surface area contributed by atoms with Crippen molar-refractivity contribution in [2.75, 3.05) is 18.4 Å². The monoisotopic (exact) mass is 430 g/mol. The molecule has 164 valence electrons. The Labute approximate surface area is 187 Å². The number of rotatable bonds is 3. The van der Waals surface area contributed by atoms with Gasteiger partial charge in [0, 0.05) is 18.5 Å². The highest BCUT2D eigenvalue weighted by Crippen LogP contribution is 2.59. The van der Waals surface area contributed by atoms with Crippen LogP contribution in [0.5, 0.6) is 0 Å². The normalized spacial score (nSPS) is 27.4. The van der Waals surface area contributed by atoms with Crippen molar-refractivity contribution in [3.05, 3.63) is 83.3 Å². The van der Waals surface area contributed by atoms with Gasteiger partial charge in [-0.1, -0.05) is 48.5 Å². The number of hydrogen-bond acceptors (Lipinski definition) is 3. The fourth-order valence-electron chi connectivity index (χ4n) is 5.88. The molecule has 1 saturated heterocycles. The van der Waals surface area contributed by atoms with Gasteiger partial charge in [0.1, 0.15) is 17.2 Å². The Bertz CT molecular complexity index is 1200. The van der Waals surface area contributed by atoms with Crippen LogP contribution >= 0.6 is 0 Å². The molecule has 0 radical (unpaired) electrons. The molecule has 1 N–H and O–H groups in total. The van der Waals surface area contributed by atoms with Crippen molar-refractivity contribution in [3.8, 4) is 0 Å². The molecule has 3 aromatic rings. The van der Waals surface area contributed by atoms with Gasteiger partial charge in [0.2, 0.25) is 0 Å². The van der Waals surface area contributed by atoms with Crippen LogP contribution in [0.3, 0.4) is 0 Å². The van der Waals surface area contributed by atoms with Gasteiger partial charge in [-0.2, -0.15) is 5.10 Å². The molecule has 32 heavy (non-hydrogen) atoms. The van der Waals surface area contributed by atoms with Crippen molar-refractivity contribution in [3.63, 3.8) is 0 Å². The molecule has 2 fully saturated rings. The van der Waals surface area contributed by atoms with Gasteiger partial charge in [0.05, 0.1) is 17.8 Å². The average molecular weight is 431 g/mol.